The minimum absolute atomic E-state index is 0.254. The van der Waals surface area contributed by atoms with Crippen molar-refractivity contribution in [2.45, 2.75) is 46.1 Å². The van der Waals surface area contributed by atoms with Gasteiger partial charge in [0.2, 0.25) is 0 Å². The molecule has 2 aliphatic carbocycles. The summed E-state index contributed by atoms with van der Waals surface area (Å²) in [7, 11) is 0. The third-order valence-corrected chi connectivity index (χ3v) is 5.68. The molecule has 4 heteroatoms. The number of hydrogen-bond acceptors (Lipinski definition) is 3. The largest absolute Gasteiger partial charge is 0.366 e. The van der Waals surface area contributed by atoms with E-state index < -0.39 is 0 Å². The van der Waals surface area contributed by atoms with E-state index in [9.17, 15) is 0 Å². The first-order chi connectivity index (χ1) is 9.35. The SMILES string of the molecule is CC12CCC(C1)C(C)(C)C2Nc1cc(C#N)cc(Cl)n1. The Morgan fingerprint density at radius 1 is 1.40 bits per heavy atom. The van der Waals surface area contributed by atoms with Crippen LogP contribution in [-0.2, 0) is 0 Å². The number of pyridine rings is 1. The molecule has 1 heterocycles. The van der Waals surface area contributed by atoms with Gasteiger partial charge in [0.05, 0.1) is 11.6 Å². The maximum Gasteiger partial charge on any atom is 0.132 e. The molecule has 0 amide bonds. The monoisotopic (exact) mass is 289 g/mol. The fourth-order valence-electron chi connectivity index (χ4n) is 4.45. The fourth-order valence-corrected chi connectivity index (χ4v) is 4.65. The molecule has 0 saturated heterocycles. The first-order valence-electron chi connectivity index (χ1n) is 7.19. The van der Waals surface area contributed by atoms with Gasteiger partial charge in [-0.2, -0.15) is 5.26 Å². The summed E-state index contributed by atoms with van der Waals surface area (Å²) in [4.78, 5) is 4.33. The van der Waals surface area contributed by atoms with Crippen molar-refractivity contribution in [2.75, 3.05) is 5.32 Å². The summed E-state index contributed by atoms with van der Waals surface area (Å²) in [6.45, 7) is 7.06. The van der Waals surface area contributed by atoms with Crippen molar-refractivity contribution in [3.05, 3.63) is 22.8 Å². The van der Waals surface area contributed by atoms with Crippen LogP contribution in [0, 0.1) is 28.1 Å². The van der Waals surface area contributed by atoms with Gasteiger partial charge in [0.1, 0.15) is 11.0 Å². The number of anilines is 1. The van der Waals surface area contributed by atoms with Crippen LogP contribution in [0.25, 0.3) is 0 Å². The highest BCUT2D eigenvalue weighted by atomic mass is 35.5. The predicted octanol–water partition coefficient (Wildman–Crippen LogP) is 4.23. The highest BCUT2D eigenvalue weighted by Crippen LogP contribution is 2.63. The zero-order chi connectivity index (χ0) is 14.5. The highest BCUT2D eigenvalue weighted by molar-refractivity contribution is 6.29. The standard InChI is InChI=1S/C16H20ClN3/c1-15(2)11-4-5-16(3,8-11)14(15)20-13-7-10(9-18)6-12(17)19-13/h6-7,11,14H,4-5,8H2,1-3H3,(H,19,20). The normalized spacial score (nSPS) is 34.0. The molecule has 0 aromatic carbocycles. The van der Waals surface area contributed by atoms with Gasteiger partial charge in [0, 0.05) is 6.04 Å². The minimum atomic E-state index is 0.254. The van der Waals surface area contributed by atoms with E-state index in [1.54, 1.807) is 12.1 Å². The van der Waals surface area contributed by atoms with Crippen molar-refractivity contribution in [1.82, 2.24) is 4.98 Å². The zero-order valence-electron chi connectivity index (χ0n) is 12.2. The molecule has 1 aromatic rings. The van der Waals surface area contributed by atoms with Gasteiger partial charge in [-0.25, -0.2) is 4.98 Å². The third kappa shape index (κ3) is 1.98. The number of nitriles is 1. The molecular weight excluding hydrogens is 270 g/mol. The Hall–Kier alpha value is -1.27. The second-order valence-corrected chi connectivity index (χ2v) is 7.56. The lowest BCUT2D eigenvalue weighted by atomic mass is 9.68. The molecule has 0 spiro atoms. The molecule has 1 aromatic heterocycles. The fraction of sp³-hybridized carbons (Fsp3) is 0.625. The number of fused-ring (bicyclic) bond motifs is 2. The van der Waals surface area contributed by atoms with Gasteiger partial charge in [0.25, 0.3) is 0 Å². The quantitative estimate of drug-likeness (QED) is 0.829. The van der Waals surface area contributed by atoms with Crippen LogP contribution in [0.15, 0.2) is 12.1 Å². The average molecular weight is 290 g/mol. The van der Waals surface area contributed by atoms with Crippen LogP contribution in [0.3, 0.4) is 0 Å². The van der Waals surface area contributed by atoms with E-state index in [1.165, 1.54) is 19.3 Å². The molecule has 3 unspecified atom stereocenters. The predicted molar refractivity (Wildman–Crippen MR) is 80.6 cm³/mol. The molecular formula is C16H20ClN3. The van der Waals surface area contributed by atoms with Crippen LogP contribution < -0.4 is 5.32 Å². The van der Waals surface area contributed by atoms with E-state index in [1.807, 2.05) is 0 Å². The second kappa shape index (κ2) is 4.36. The zero-order valence-corrected chi connectivity index (χ0v) is 13.0. The van der Waals surface area contributed by atoms with Gasteiger partial charge in [-0.3, -0.25) is 0 Å². The van der Waals surface area contributed by atoms with Crippen LogP contribution in [0.1, 0.15) is 45.6 Å². The summed E-state index contributed by atoms with van der Waals surface area (Å²) in [6, 6.07) is 5.90. The number of halogens is 1. The summed E-state index contributed by atoms with van der Waals surface area (Å²) in [5.74, 6) is 1.50. The molecule has 2 fully saturated rings. The summed E-state index contributed by atoms with van der Waals surface area (Å²) < 4.78 is 0. The number of aromatic nitrogens is 1. The first kappa shape index (κ1) is 13.7. The van der Waals surface area contributed by atoms with E-state index >= 15 is 0 Å². The molecule has 3 nitrogen and oxygen atoms in total. The van der Waals surface area contributed by atoms with Crippen molar-refractivity contribution in [2.24, 2.45) is 16.7 Å². The molecule has 0 aliphatic heterocycles. The second-order valence-electron chi connectivity index (χ2n) is 7.17. The van der Waals surface area contributed by atoms with Crippen LogP contribution in [0.4, 0.5) is 5.82 Å². The van der Waals surface area contributed by atoms with E-state index in [0.717, 1.165) is 11.7 Å². The van der Waals surface area contributed by atoms with Crippen LogP contribution in [-0.4, -0.2) is 11.0 Å². The van der Waals surface area contributed by atoms with E-state index in [0.29, 0.717) is 22.2 Å². The van der Waals surface area contributed by atoms with Crippen LogP contribution in [0.2, 0.25) is 5.15 Å². The maximum absolute atomic E-state index is 9.04. The number of nitrogens with one attached hydrogen (secondary N) is 1. The average Bonchev–Trinajstić information content (AvgIpc) is 2.85. The highest BCUT2D eigenvalue weighted by Gasteiger charge is 2.59. The molecule has 2 saturated carbocycles. The van der Waals surface area contributed by atoms with Crippen molar-refractivity contribution in [3.63, 3.8) is 0 Å². The molecule has 2 bridgehead atoms. The third-order valence-electron chi connectivity index (χ3n) is 5.49. The van der Waals surface area contributed by atoms with Crippen molar-refractivity contribution >= 4 is 17.4 Å². The summed E-state index contributed by atoms with van der Waals surface area (Å²) in [5, 5.41) is 13.0. The lowest BCUT2D eigenvalue weighted by molar-refractivity contribution is 0.155. The molecule has 20 heavy (non-hydrogen) atoms. The lowest BCUT2D eigenvalue weighted by Crippen LogP contribution is -2.46. The molecule has 3 atom stereocenters. The van der Waals surface area contributed by atoms with Crippen LogP contribution >= 0.6 is 11.6 Å². The Kier molecular flexibility index (Phi) is 2.99. The Bertz CT molecular complexity index is 585. The van der Waals surface area contributed by atoms with Gasteiger partial charge in [-0.15, -0.1) is 0 Å². The van der Waals surface area contributed by atoms with Gasteiger partial charge in [-0.1, -0.05) is 32.4 Å². The first-order valence-corrected chi connectivity index (χ1v) is 7.57. The van der Waals surface area contributed by atoms with Gasteiger partial charge < -0.3 is 5.32 Å². The molecule has 2 aliphatic rings. The lowest BCUT2D eigenvalue weighted by Gasteiger charge is -2.43. The Morgan fingerprint density at radius 3 is 2.75 bits per heavy atom. The smallest absolute Gasteiger partial charge is 0.132 e. The van der Waals surface area contributed by atoms with E-state index in [4.69, 9.17) is 16.9 Å². The van der Waals surface area contributed by atoms with Crippen LogP contribution in [0.5, 0.6) is 0 Å². The number of rotatable bonds is 2. The summed E-state index contributed by atoms with van der Waals surface area (Å²) in [5.41, 5.74) is 1.13. The van der Waals surface area contributed by atoms with Gasteiger partial charge in [0.15, 0.2) is 0 Å². The molecule has 3 rings (SSSR count). The number of nitrogens with zero attached hydrogens (tertiary/aromatic N) is 2. The van der Waals surface area contributed by atoms with E-state index in [2.05, 4.69) is 37.1 Å². The molecule has 0 radical (unpaired) electrons. The van der Waals surface area contributed by atoms with E-state index in [-0.39, 0.29) is 5.41 Å². The maximum atomic E-state index is 9.04. The topological polar surface area (TPSA) is 48.7 Å². The molecule has 1 N–H and O–H groups in total. The van der Waals surface area contributed by atoms with Crippen molar-refractivity contribution in [1.29, 1.82) is 5.26 Å². The summed E-state index contributed by atoms with van der Waals surface area (Å²) in [6.07, 6.45) is 3.88. The number of hydrogen-bond donors (Lipinski definition) is 1. The Balaban J connectivity index is 1.92. The minimum Gasteiger partial charge on any atom is -0.366 e. The van der Waals surface area contributed by atoms with Gasteiger partial charge in [-0.05, 0) is 48.1 Å². The van der Waals surface area contributed by atoms with Crippen molar-refractivity contribution < 1.29 is 0 Å². The van der Waals surface area contributed by atoms with Crippen molar-refractivity contribution in [3.8, 4) is 6.07 Å². The Morgan fingerprint density at radius 2 is 2.15 bits per heavy atom. The summed E-state index contributed by atoms with van der Waals surface area (Å²) >= 11 is 6.00. The molecule has 106 valence electrons. The Labute approximate surface area is 125 Å². The van der Waals surface area contributed by atoms with Gasteiger partial charge >= 0.3 is 0 Å².